The fraction of sp³-hybridized carbons (Fsp3) is 0.391. The number of fused-ring (bicyclic) bond motifs is 1. The fourth-order valence-corrected chi connectivity index (χ4v) is 4.22. The van der Waals surface area contributed by atoms with Crippen LogP contribution in [0, 0.1) is 11.3 Å². The number of hydrogen-bond donors (Lipinski definition) is 1. The molecule has 0 aliphatic carbocycles. The summed E-state index contributed by atoms with van der Waals surface area (Å²) in [6.45, 7) is 5.00. The number of thiazole rings is 1. The number of hydrogen-bond acceptors (Lipinski definition) is 8. The maximum absolute atomic E-state index is 9.05. The summed E-state index contributed by atoms with van der Waals surface area (Å²) in [6, 6.07) is 15.9. The summed E-state index contributed by atoms with van der Waals surface area (Å²) in [4.78, 5) is 2.22. The first kappa shape index (κ1) is 23.6. The average Bonchev–Trinajstić information content (AvgIpc) is 3.15. The molecule has 3 aromatic rings. The fourth-order valence-electron chi connectivity index (χ4n) is 3.23. The number of ether oxygens (including phenoxy) is 2. The van der Waals surface area contributed by atoms with Gasteiger partial charge in [-0.2, -0.15) is 5.26 Å². The van der Waals surface area contributed by atoms with Crippen molar-refractivity contribution < 1.29 is 19.1 Å². The Morgan fingerprint density at radius 2 is 1.94 bits per heavy atom. The van der Waals surface area contributed by atoms with E-state index in [9.17, 15) is 0 Å². The van der Waals surface area contributed by atoms with Gasteiger partial charge >= 0.3 is 5.13 Å². The van der Waals surface area contributed by atoms with E-state index < -0.39 is 0 Å². The van der Waals surface area contributed by atoms with Crippen molar-refractivity contribution in [3.63, 3.8) is 0 Å². The molecule has 0 saturated carbocycles. The number of benzene rings is 2. The molecule has 0 unspecified atom stereocenters. The lowest BCUT2D eigenvalue weighted by Gasteiger charge is -2.22. The van der Waals surface area contributed by atoms with Crippen LogP contribution in [-0.2, 0) is 11.8 Å². The maximum Gasteiger partial charge on any atom is 0.409 e. The minimum atomic E-state index is -0.0313. The molecule has 0 amide bonds. The van der Waals surface area contributed by atoms with Gasteiger partial charge in [0.25, 0.3) is 0 Å². The lowest BCUT2D eigenvalue weighted by Crippen LogP contribution is -2.27. The summed E-state index contributed by atoms with van der Waals surface area (Å²) in [5.41, 5.74) is 2.79. The van der Waals surface area contributed by atoms with Crippen molar-refractivity contribution in [2.24, 2.45) is 17.3 Å². The highest BCUT2D eigenvalue weighted by Gasteiger charge is 2.20. The molecule has 0 aliphatic rings. The number of aliphatic hydroxyl groups excluding tert-OH is 1. The quantitative estimate of drug-likeness (QED) is 0.251. The van der Waals surface area contributed by atoms with Crippen LogP contribution in [0.1, 0.15) is 13.3 Å². The zero-order valence-corrected chi connectivity index (χ0v) is 19.2. The van der Waals surface area contributed by atoms with Gasteiger partial charge in [-0.25, -0.2) is 4.57 Å². The van der Waals surface area contributed by atoms with E-state index >= 15 is 0 Å². The number of aliphatic hydroxyl groups is 1. The highest BCUT2D eigenvalue weighted by atomic mass is 32.1. The second kappa shape index (κ2) is 12.1. The van der Waals surface area contributed by atoms with Crippen LogP contribution < -0.4 is 14.2 Å². The topological polar surface area (TPSA) is 94.3 Å². The molecule has 2 aromatic carbocycles. The highest BCUT2D eigenvalue weighted by Crippen LogP contribution is 2.32. The molecule has 0 radical (unpaired) electrons. The average molecular weight is 455 g/mol. The molecular formula is C23H28N5O3S+. The molecule has 0 atom stereocenters. The van der Waals surface area contributed by atoms with Crippen LogP contribution in [0.15, 0.2) is 52.7 Å². The minimum Gasteiger partial charge on any atom is -0.487 e. The number of anilines is 1. The first-order valence-electron chi connectivity index (χ1n) is 10.5. The largest absolute Gasteiger partial charge is 0.487 e. The summed E-state index contributed by atoms with van der Waals surface area (Å²) in [5, 5.41) is 27.2. The predicted octanol–water partition coefficient (Wildman–Crippen LogP) is 4.27. The molecule has 0 spiro atoms. The van der Waals surface area contributed by atoms with Gasteiger partial charge in [-0.3, -0.25) is 0 Å². The summed E-state index contributed by atoms with van der Waals surface area (Å²) >= 11 is 1.53. The van der Waals surface area contributed by atoms with E-state index in [4.69, 9.17) is 19.8 Å². The van der Waals surface area contributed by atoms with E-state index in [0.29, 0.717) is 19.6 Å². The SMILES string of the molecule is CCN(CCOCCC#N)c1ccc(N=Nc2sc3cccc(OCCO)c3[n+]2C)cc1. The first-order chi connectivity index (χ1) is 15.7. The van der Waals surface area contributed by atoms with E-state index in [1.807, 2.05) is 54.1 Å². The molecule has 1 aromatic heterocycles. The number of nitriles is 1. The number of nitrogens with zero attached hydrogens (tertiary/aromatic N) is 5. The van der Waals surface area contributed by atoms with E-state index in [1.54, 1.807) is 0 Å². The molecule has 3 rings (SSSR count). The van der Waals surface area contributed by atoms with Gasteiger partial charge in [-0.15, -0.1) is 0 Å². The lowest BCUT2D eigenvalue weighted by atomic mass is 10.2. The van der Waals surface area contributed by atoms with Gasteiger partial charge in [-0.05, 0) is 59.8 Å². The Morgan fingerprint density at radius 3 is 2.66 bits per heavy atom. The Balaban J connectivity index is 1.68. The molecule has 8 nitrogen and oxygen atoms in total. The third kappa shape index (κ3) is 6.01. The Hall–Kier alpha value is -3.06. The molecule has 9 heteroatoms. The third-order valence-corrected chi connectivity index (χ3v) is 5.93. The number of aryl methyl sites for hydroxylation is 1. The Kier molecular flexibility index (Phi) is 8.92. The second-order valence-corrected chi connectivity index (χ2v) is 7.94. The molecule has 0 bridgehead atoms. The number of likely N-dealkylation sites (N-methyl/N-ethyl adjacent to an activating group) is 1. The van der Waals surface area contributed by atoms with Crippen molar-refractivity contribution in [1.29, 1.82) is 5.26 Å². The van der Waals surface area contributed by atoms with Crippen molar-refractivity contribution in [3.05, 3.63) is 42.5 Å². The van der Waals surface area contributed by atoms with Gasteiger partial charge in [-0.1, -0.05) is 6.07 Å². The highest BCUT2D eigenvalue weighted by molar-refractivity contribution is 7.21. The maximum atomic E-state index is 9.05. The van der Waals surface area contributed by atoms with Crippen LogP contribution in [-0.4, -0.2) is 44.6 Å². The number of para-hydroxylation sites is 1. The first-order valence-corrected chi connectivity index (χ1v) is 11.4. The van der Waals surface area contributed by atoms with Crippen molar-refractivity contribution in [3.8, 4) is 11.8 Å². The van der Waals surface area contributed by atoms with Gasteiger partial charge in [0, 0.05) is 18.8 Å². The third-order valence-electron chi connectivity index (χ3n) is 4.85. The Morgan fingerprint density at radius 1 is 1.12 bits per heavy atom. The number of aromatic nitrogens is 1. The molecule has 168 valence electrons. The van der Waals surface area contributed by atoms with Crippen LogP contribution in [0.25, 0.3) is 10.2 Å². The number of rotatable bonds is 12. The van der Waals surface area contributed by atoms with Gasteiger partial charge in [0.15, 0.2) is 11.3 Å². The van der Waals surface area contributed by atoms with Crippen LogP contribution in [0.2, 0.25) is 0 Å². The Bertz CT molecular complexity index is 1080. The normalized spacial score (nSPS) is 11.2. The molecule has 0 fully saturated rings. The molecule has 0 saturated heterocycles. The van der Waals surface area contributed by atoms with Crippen LogP contribution in [0.4, 0.5) is 16.5 Å². The smallest absolute Gasteiger partial charge is 0.409 e. The molecule has 1 N–H and O–H groups in total. The summed E-state index contributed by atoms with van der Waals surface area (Å²) < 4.78 is 14.1. The van der Waals surface area contributed by atoms with Crippen molar-refractivity contribution in [2.75, 3.05) is 44.4 Å². The van der Waals surface area contributed by atoms with Gasteiger partial charge in [0.1, 0.15) is 12.3 Å². The zero-order chi connectivity index (χ0) is 22.8. The minimum absolute atomic E-state index is 0.0313. The van der Waals surface area contributed by atoms with Crippen LogP contribution >= 0.6 is 11.3 Å². The monoisotopic (exact) mass is 454 g/mol. The van der Waals surface area contributed by atoms with Crippen molar-refractivity contribution in [1.82, 2.24) is 0 Å². The second-order valence-electron chi connectivity index (χ2n) is 6.94. The molecular weight excluding hydrogens is 426 g/mol. The Labute approximate surface area is 192 Å². The number of azo groups is 1. The van der Waals surface area contributed by atoms with Gasteiger partial charge < -0.3 is 19.5 Å². The van der Waals surface area contributed by atoms with E-state index in [0.717, 1.165) is 45.6 Å². The van der Waals surface area contributed by atoms with Gasteiger partial charge in [0.05, 0.1) is 49.2 Å². The molecule has 1 heterocycles. The predicted molar refractivity (Wildman–Crippen MR) is 125 cm³/mol. The zero-order valence-electron chi connectivity index (χ0n) is 18.4. The van der Waals surface area contributed by atoms with Crippen LogP contribution in [0.3, 0.4) is 0 Å². The lowest BCUT2D eigenvalue weighted by molar-refractivity contribution is -0.628. The summed E-state index contributed by atoms with van der Waals surface area (Å²) in [6.07, 6.45) is 0.417. The van der Waals surface area contributed by atoms with E-state index in [1.165, 1.54) is 11.3 Å². The summed E-state index contributed by atoms with van der Waals surface area (Å²) in [7, 11) is 1.93. The van der Waals surface area contributed by atoms with Crippen molar-refractivity contribution in [2.45, 2.75) is 13.3 Å². The standard InChI is InChI=1S/C23H28N5O3S/c1-3-28(13-16-30-15-5-12-24)19-10-8-18(9-11-19)25-26-23-27(2)22-20(31-17-14-29)6-4-7-21(22)32-23/h4,6-11,29H,3,5,13-17H2,1-2H3/q+1. The van der Waals surface area contributed by atoms with Crippen LogP contribution in [0.5, 0.6) is 5.75 Å². The van der Waals surface area contributed by atoms with E-state index in [2.05, 4.69) is 28.1 Å². The molecule has 32 heavy (non-hydrogen) atoms. The van der Waals surface area contributed by atoms with E-state index in [-0.39, 0.29) is 13.2 Å². The summed E-state index contributed by atoms with van der Waals surface area (Å²) in [5.74, 6) is 0.720. The van der Waals surface area contributed by atoms with Crippen molar-refractivity contribution >= 4 is 38.1 Å². The van der Waals surface area contributed by atoms with Gasteiger partial charge in [0.2, 0.25) is 0 Å². The molecule has 0 aliphatic heterocycles.